The molecule has 1 atom stereocenters. The number of rotatable bonds is 6. The molecular formula is C17H16ClFN2O5S. The molecule has 10 heteroatoms. The molecule has 0 aliphatic rings. The first-order chi connectivity index (χ1) is 12.6. The summed E-state index contributed by atoms with van der Waals surface area (Å²) in [6.07, 6.45) is -1.03. The summed E-state index contributed by atoms with van der Waals surface area (Å²) in [5.41, 5.74) is -0.0741. The standard InChI is InChI=1S/C17H16ClFN2O5S/c1-10(16(22)20-2)26-17(23)11-3-8-14(18)15(9-11)21-27(24,25)13-6-4-12(19)5-7-13/h3-10,21H,1-2H3,(H,20,22)/t10-/m0/s1. The Morgan fingerprint density at radius 3 is 2.37 bits per heavy atom. The van der Waals surface area contributed by atoms with Crippen molar-refractivity contribution in [1.82, 2.24) is 5.32 Å². The molecule has 0 aliphatic carbocycles. The normalized spacial score (nSPS) is 12.1. The minimum absolute atomic E-state index is 0.00745. The minimum atomic E-state index is -4.05. The first-order valence-corrected chi connectivity index (χ1v) is 9.50. The average Bonchev–Trinajstić information content (AvgIpc) is 2.62. The molecule has 0 heterocycles. The molecule has 0 fully saturated rings. The third kappa shape index (κ3) is 5.18. The van der Waals surface area contributed by atoms with Crippen molar-refractivity contribution < 1.29 is 27.1 Å². The van der Waals surface area contributed by atoms with Crippen LogP contribution in [-0.2, 0) is 19.6 Å². The number of halogens is 2. The summed E-state index contributed by atoms with van der Waals surface area (Å²) in [7, 11) is -2.65. The number of ether oxygens (including phenoxy) is 1. The molecular weight excluding hydrogens is 399 g/mol. The Kier molecular flexibility index (Phi) is 6.40. The zero-order chi connectivity index (χ0) is 20.2. The summed E-state index contributed by atoms with van der Waals surface area (Å²) in [6, 6.07) is 8.02. The van der Waals surface area contributed by atoms with E-state index in [1.807, 2.05) is 0 Å². The summed E-state index contributed by atoms with van der Waals surface area (Å²) >= 11 is 6.00. The van der Waals surface area contributed by atoms with Gasteiger partial charge < -0.3 is 10.1 Å². The Labute approximate surface area is 160 Å². The fourth-order valence-corrected chi connectivity index (χ4v) is 3.32. The topological polar surface area (TPSA) is 102 Å². The molecule has 2 rings (SSSR count). The van der Waals surface area contributed by atoms with Crippen LogP contribution in [0, 0.1) is 5.82 Å². The molecule has 27 heavy (non-hydrogen) atoms. The molecule has 7 nitrogen and oxygen atoms in total. The lowest BCUT2D eigenvalue weighted by atomic mass is 10.2. The molecule has 1 amide bonds. The van der Waals surface area contributed by atoms with Crippen molar-refractivity contribution in [3.8, 4) is 0 Å². The van der Waals surface area contributed by atoms with E-state index < -0.39 is 33.8 Å². The highest BCUT2D eigenvalue weighted by atomic mass is 35.5. The molecule has 2 aromatic carbocycles. The van der Waals surface area contributed by atoms with E-state index in [0.29, 0.717) is 0 Å². The highest BCUT2D eigenvalue weighted by Gasteiger charge is 2.20. The predicted octanol–water partition coefficient (Wildman–Crippen LogP) is 2.57. The molecule has 2 N–H and O–H groups in total. The van der Waals surface area contributed by atoms with Gasteiger partial charge in [-0.3, -0.25) is 9.52 Å². The number of amides is 1. The maximum atomic E-state index is 13.0. The van der Waals surface area contributed by atoms with Gasteiger partial charge in [-0.05, 0) is 49.4 Å². The van der Waals surface area contributed by atoms with Crippen LogP contribution in [0.15, 0.2) is 47.4 Å². The number of benzene rings is 2. The quantitative estimate of drug-likeness (QED) is 0.707. The fourth-order valence-electron chi connectivity index (χ4n) is 2.03. The summed E-state index contributed by atoms with van der Waals surface area (Å²) in [5.74, 6) is -1.90. The third-order valence-corrected chi connectivity index (χ3v) is 5.18. The van der Waals surface area contributed by atoms with E-state index in [1.165, 1.54) is 32.2 Å². The zero-order valence-electron chi connectivity index (χ0n) is 14.3. The number of sulfonamides is 1. The summed E-state index contributed by atoms with van der Waals surface area (Å²) in [4.78, 5) is 23.4. The summed E-state index contributed by atoms with van der Waals surface area (Å²) in [6.45, 7) is 1.39. The Bertz CT molecular complexity index is 964. The zero-order valence-corrected chi connectivity index (χ0v) is 15.9. The SMILES string of the molecule is CNC(=O)[C@H](C)OC(=O)c1ccc(Cl)c(NS(=O)(=O)c2ccc(F)cc2)c1. The van der Waals surface area contributed by atoms with Gasteiger partial charge in [0, 0.05) is 7.05 Å². The van der Waals surface area contributed by atoms with E-state index >= 15 is 0 Å². The van der Waals surface area contributed by atoms with Gasteiger partial charge in [-0.15, -0.1) is 0 Å². The highest BCUT2D eigenvalue weighted by Crippen LogP contribution is 2.26. The number of esters is 1. The lowest BCUT2D eigenvalue weighted by Crippen LogP contribution is -2.33. The van der Waals surface area contributed by atoms with Gasteiger partial charge in [0.05, 0.1) is 21.2 Å². The number of nitrogens with one attached hydrogen (secondary N) is 2. The van der Waals surface area contributed by atoms with Crippen LogP contribution in [0.1, 0.15) is 17.3 Å². The van der Waals surface area contributed by atoms with Crippen LogP contribution in [0.5, 0.6) is 0 Å². The van der Waals surface area contributed by atoms with E-state index in [0.717, 1.165) is 24.3 Å². The van der Waals surface area contributed by atoms with E-state index in [4.69, 9.17) is 16.3 Å². The second kappa shape index (κ2) is 8.36. The van der Waals surface area contributed by atoms with Crippen molar-refractivity contribution in [2.45, 2.75) is 17.9 Å². The van der Waals surface area contributed by atoms with Crippen molar-refractivity contribution in [3.05, 3.63) is 58.9 Å². The molecule has 0 saturated heterocycles. The van der Waals surface area contributed by atoms with Gasteiger partial charge in [-0.2, -0.15) is 0 Å². The third-order valence-electron chi connectivity index (χ3n) is 3.47. The second-order valence-corrected chi connectivity index (χ2v) is 7.51. The predicted molar refractivity (Wildman–Crippen MR) is 97.6 cm³/mol. The largest absolute Gasteiger partial charge is 0.449 e. The second-order valence-electron chi connectivity index (χ2n) is 5.42. The van der Waals surface area contributed by atoms with Gasteiger partial charge in [0.1, 0.15) is 5.82 Å². The first kappa shape index (κ1) is 20.7. The average molecular weight is 415 g/mol. The van der Waals surface area contributed by atoms with Crippen molar-refractivity contribution in [3.63, 3.8) is 0 Å². The van der Waals surface area contributed by atoms with E-state index in [2.05, 4.69) is 10.0 Å². The van der Waals surface area contributed by atoms with Crippen molar-refractivity contribution in [2.24, 2.45) is 0 Å². The monoisotopic (exact) mass is 414 g/mol. The van der Waals surface area contributed by atoms with Crippen LogP contribution in [0.2, 0.25) is 5.02 Å². The molecule has 0 aromatic heterocycles. The van der Waals surface area contributed by atoms with E-state index in [-0.39, 0.29) is 21.2 Å². The van der Waals surface area contributed by atoms with Crippen LogP contribution < -0.4 is 10.0 Å². The molecule has 0 bridgehead atoms. The lowest BCUT2D eigenvalue weighted by Gasteiger charge is -2.13. The number of hydrogen-bond acceptors (Lipinski definition) is 5. The van der Waals surface area contributed by atoms with Crippen LogP contribution in [-0.4, -0.2) is 33.4 Å². The maximum absolute atomic E-state index is 13.0. The van der Waals surface area contributed by atoms with Crippen molar-refractivity contribution in [2.75, 3.05) is 11.8 Å². The molecule has 0 unspecified atom stereocenters. The number of carbonyl (C=O) groups is 2. The van der Waals surface area contributed by atoms with Gasteiger partial charge in [0.25, 0.3) is 15.9 Å². The molecule has 0 radical (unpaired) electrons. The molecule has 0 aliphatic heterocycles. The smallest absolute Gasteiger partial charge is 0.338 e. The van der Waals surface area contributed by atoms with Gasteiger partial charge in [0.2, 0.25) is 0 Å². The Morgan fingerprint density at radius 1 is 1.15 bits per heavy atom. The Balaban J connectivity index is 2.25. The van der Waals surface area contributed by atoms with Crippen molar-refractivity contribution in [1.29, 1.82) is 0 Å². The maximum Gasteiger partial charge on any atom is 0.338 e. The summed E-state index contributed by atoms with van der Waals surface area (Å²) in [5, 5.41) is 2.38. The Hall–Kier alpha value is -2.65. The lowest BCUT2D eigenvalue weighted by molar-refractivity contribution is -0.128. The number of carbonyl (C=O) groups excluding carboxylic acids is 2. The molecule has 0 saturated carbocycles. The highest BCUT2D eigenvalue weighted by molar-refractivity contribution is 7.92. The van der Waals surface area contributed by atoms with Gasteiger partial charge in [0.15, 0.2) is 6.10 Å². The number of likely N-dealkylation sites (N-methyl/N-ethyl adjacent to an activating group) is 1. The van der Waals surface area contributed by atoms with Gasteiger partial charge in [-0.1, -0.05) is 11.6 Å². The fraction of sp³-hybridized carbons (Fsp3) is 0.176. The van der Waals surface area contributed by atoms with Gasteiger partial charge in [-0.25, -0.2) is 17.6 Å². The van der Waals surface area contributed by atoms with E-state index in [9.17, 15) is 22.4 Å². The van der Waals surface area contributed by atoms with Gasteiger partial charge >= 0.3 is 5.97 Å². The van der Waals surface area contributed by atoms with Crippen molar-refractivity contribution >= 4 is 39.2 Å². The van der Waals surface area contributed by atoms with Crippen LogP contribution in [0.4, 0.5) is 10.1 Å². The number of hydrogen-bond donors (Lipinski definition) is 2. The minimum Gasteiger partial charge on any atom is -0.449 e. The molecule has 0 spiro atoms. The molecule has 2 aromatic rings. The first-order valence-electron chi connectivity index (χ1n) is 7.64. The van der Waals surface area contributed by atoms with Crippen LogP contribution >= 0.6 is 11.6 Å². The Morgan fingerprint density at radius 2 is 1.78 bits per heavy atom. The van der Waals surface area contributed by atoms with E-state index in [1.54, 1.807) is 0 Å². The molecule has 144 valence electrons. The summed E-state index contributed by atoms with van der Waals surface area (Å²) < 4.78 is 45.0. The van der Waals surface area contributed by atoms with Crippen LogP contribution in [0.25, 0.3) is 0 Å². The van der Waals surface area contributed by atoms with Crippen LogP contribution in [0.3, 0.4) is 0 Å². The number of anilines is 1.